The summed E-state index contributed by atoms with van der Waals surface area (Å²) in [6.45, 7) is -0.371. The van der Waals surface area contributed by atoms with E-state index in [0.29, 0.717) is 11.8 Å². The van der Waals surface area contributed by atoms with Crippen LogP contribution in [0.1, 0.15) is 38.5 Å². The predicted molar refractivity (Wildman–Crippen MR) is 80.9 cm³/mol. The molecule has 0 saturated heterocycles. The highest BCUT2D eigenvalue weighted by Gasteiger charge is 2.59. The molecule has 0 amide bonds. The number of rotatable bonds is 5. The molecule has 0 unspecified atom stereocenters. The first-order valence-corrected chi connectivity index (χ1v) is 9.00. The van der Waals surface area contributed by atoms with Gasteiger partial charge < -0.3 is 9.47 Å². The van der Waals surface area contributed by atoms with Crippen LogP contribution in [0.3, 0.4) is 0 Å². The average molecular weight is 370 g/mol. The molecule has 0 radical (unpaired) electrons. The molecule has 0 aromatic heterocycles. The normalized spacial score (nSPS) is 38.4. The van der Waals surface area contributed by atoms with Gasteiger partial charge in [-0.2, -0.15) is 5.26 Å². The summed E-state index contributed by atoms with van der Waals surface area (Å²) < 4.78 is 10.6. The summed E-state index contributed by atoms with van der Waals surface area (Å²) in [5, 5.41) is 9.31. The second-order valence-corrected chi connectivity index (χ2v) is 7.42. The van der Waals surface area contributed by atoms with Crippen LogP contribution in [0.25, 0.3) is 0 Å². The highest BCUT2D eigenvalue weighted by atomic mass is 79.9. The van der Waals surface area contributed by atoms with Crippen LogP contribution in [-0.2, 0) is 19.1 Å². The highest BCUT2D eigenvalue weighted by molar-refractivity contribution is 9.09. The summed E-state index contributed by atoms with van der Waals surface area (Å²) in [6, 6.07) is 2.23. The highest BCUT2D eigenvalue weighted by Crippen LogP contribution is 2.60. The molecule has 22 heavy (non-hydrogen) atoms. The summed E-state index contributed by atoms with van der Waals surface area (Å²) in [5.74, 6) is 1.03. The van der Waals surface area contributed by atoms with Gasteiger partial charge in [-0.3, -0.25) is 4.79 Å². The van der Waals surface area contributed by atoms with E-state index in [1.165, 1.54) is 6.42 Å². The van der Waals surface area contributed by atoms with Gasteiger partial charge in [-0.05, 0) is 43.9 Å². The lowest BCUT2D eigenvalue weighted by molar-refractivity contribution is -0.211. The van der Waals surface area contributed by atoms with E-state index in [0.717, 1.165) is 37.5 Å². The van der Waals surface area contributed by atoms with Crippen molar-refractivity contribution in [2.24, 2.45) is 23.7 Å². The molecule has 0 atom stereocenters. The van der Waals surface area contributed by atoms with E-state index in [4.69, 9.17) is 9.47 Å². The van der Waals surface area contributed by atoms with E-state index in [2.05, 4.69) is 22.0 Å². The molecule has 0 heterocycles. The molecule has 0 aromatic carbocycles. The maximum absolute atomic E-state index is 12.1. The summed E-state index contributed by atoms with van der Waals surface area (Å²) >= 11 is 2.98. The Hall–Kier alpha value is -1.09. The topological polar surface area (TPSA) is 76.4 Å². The van der Waals surface area contributed by atoms with Crippen molar-refractivity contribution in [1.29, 1.82) is 5.26 Å². The van der Waals surface area contributed by atoms with Gasteiger partial charge in [0.1, 0.15) is 10.9 Å². The predicted octanol–water partition coefficient (Wildman–Crippen LogP) is 2.58. The largest absolute Gasteiger partial charge is 0.455 e. The van der Waals surface area contributed by atoms with Crippen LogP contribution < -0.4 is 0 Å². The average Bonchev–Trinajstić information content (AvgIpc) is 2.49. The third kappa shape index (κ3) is 2.76. The van der Waals surface area contributed by atoms with Gasteiger partial charge in [-0.15, -0.1) is 0 Å². The molecule has 0 aromatic rings. The fourth-order valence-corrected chi connectivity index (χ4v) is 5.18. The van der Waals surface area contributed by atoms with Gasteiger partial charge in [0.2, 0.25) is 0 Å². The van der Waals surface area contributed by atoms with Crippen LogP contribution in [0.2, 0.25) is 0 Å². The van der Waals surface area contributed by atoms with Crippen LogP contribution in [0.5, 0.6) is 0 Å². The molecule has 4 fully saturated rings. The molecule has 4 rings (SSSR count). The first kappa shape index (κ1) is 15.8. The number of hydrogen-bond acceptors (Lipinski definition) is 5. The van der Waals surface area contributed by atoms with Gasteiger partial charge in [0.25, 0.3) is 0 Å². The summed E-state index contributed by atoms with van der Waals surface area (Å²) in [7, 11) is 0. The summed E-state index contributed by atoms with van der Waals surface area (Å²) in [4.78, 5) is 23.2. The fraction of sp³-hybridized carbons (Fsp3) is 0.812. The summed E-state index contributed by atoms with van der Waals surface area (Å²) in [6.07, 6.45) is 5.78. The van der Waals surface area contributed by atoms with Gasteiger partial charge in [0.05, 0.1) is 12.5 Å². The number of ether oxygens (including phenoxy) is 2. The number of carbonyl (C=O) groups is 2. The SMILES string of the molecule is N#CCC1(OC(=O)COC(=O)CBr)C2CC3CC(C2)CC1C3. The Labute approximate surface area is 138 Å². The van der Waals surface area contributed by atoms with E-state index < -0.39 is 17.5 Å². The first-order chi connectivity index (χ1) is 10.6. The molecule has 0 aliphatic heterocycles. The van der Waals surface area contributed by atoms with Crippen molar-refractivity contribution in [2.75, 3.05) is 11.9 Å². The van der Waals surface area contributed by atoms with Crippen molar-refractivity contribution >= 4 is 27.9 Å². The lowest BCUT2D eigenvalue weighted by Crippen LogP contribution is -2.59. The Bertz CT molecular complexity index is 485. The van der Waals surface area contributed by atoms with E-state index in [1.807, 2.05) is 0 Å². The fourth-order valence-electron chi connectivity index (χ4n) is 5.02. The van der Waals surface area contributed by atoms with E-state index >= 15 is 0 Å². The molecule has 4 aliphatic carbocycles. The molecular weight excluding hydrogens is 350 g/mol. The van der Waals surface area contributed by atoms with E-state index in [1.54, 1.807) is 0 Å². The van der Waals surface area contributed by atoms with Crippen molar-refractivity contribution in [2.45, 2.75) is 44.1 Å². The van der Waals surface area contributed by atoms with Crippen molar-refractivity contribution < 1.29 is 19.1 Å². The first-order valence-electron chi connectivity index (χ1n) is 7.87. The van der Waals surface area contributed by atoms with Crippen LogP contribution >= 0.6 is 15.9 Å². The number of carbonyl (C=O) groups excluding carboxylic acids is 2. The molecule has 120 valence electrons. The lowest BCUT2D eigenvalue weighted by Gasteiger charge is -2.59. The standard InChI is InChI=1S/C16H20BrNO4/c17-8-14(19)21-9-15(20)22-16(1-2-18)12-4-10-3-11(6-12)7-13(16)5-10/h10-13H,1,3-9H2. The third-order valence-corrected chi connectivity index (χ3v) is 6.10. The second-order valence-electron chi connectivity index (χ2n) is 6.86. The maximum atomic E-state index is 12.1. The number of nitriles is 1. The van der Waals surface area contributed by atoms with Gasteiger partial charge >= 0.3 is 11.9 Å². The number of halogens is 1. The van der Waals surface area contributed by atoms with Crippen molar-refractivity contribution in [3.63, 3.8) is 0 Å². The molecular formula is C16H20BrNO4. The smallest absolute Gasteiger partial charge is 0.344 e. The minimum absolute atomic E-state index is 0.0538. The van der Waals surface area contributed by atoms with Crippen molar-refractivity contribution in [3.05, 3.63) is 0 Å². The number of esters is 2. The quantitative estimate of drug-likeness (QED) is 0.549. The Morgan fingerprint density at radius 2 is 1.68 bits per heavy atom. The zero-order valence-corrected chi connectivity index (χ0v) is 14.0. The molecule has 0 spiro atoms. The van der Waals surface area contributed by atoms with Crippen LogP contribution in [0.4, 0.5) is 0 Å². The molecule has 4 aliphatic rings. The maximum Gasteiger partial charge on any atom is 0.344 e. The van der Waals surface area contributed by atoms with E-state index in [9.17, 15) is 14.9 Å². The molecule has 6 heteroatoms. The Balaban J connectivity index is 1.71. The Morgan fingerprint density at radius 1 is 1.09 bits per heavy atom. The molecule has 4 bridgehead atoms. The monoisotopic (exact) mass is 369 g/mol. The number of alkyl halides is 1. The van der Waals surface area contributed by atoms with Crippen molar-refractivity contribution in [3.8, 4) is 6.07 Å². The Morgan fingerprint density at radius 3 is 2.18 bits per heavy atom. The van der Waals surface area contributed by atoms with Gasteiger partial charge in [-0.1, -0.05) is 15.9 Å². The zero-order chi connectivity index (χ0) is 15.7. The second kappa shape index (κ2) is 6.19. The minimum Gasteiger partial charge on any atom is -0.455 e. The van der Waals surface area contributed by atoms with Crippen LogP contribution in [0, 0.1) is 35.0 Å². The third-order valence-electron chi connectivity index (χ3n) is 5.64. The van der Waals surface area contributed by atoms with Crippen LogP contribution in [-0.4, -0.2) is 29.5 Å². The van der Waals surface area contributed by atoms with Crippen LogP contribution in [0.15, 0.2) is 0 Å². The molecule has 0 N–H and O–H groups in total. The molecule has 5 nitrogen and oxygen atoms in total. The van der Waals surface area contributed by atoms with Gasteiger partial charge in [0, 0.05) is 11.8 Å². The number of hydrogen-bond donors (Lipinski definition) is 0. The van der Waals surface area contributed by atoms with E-state index in [-0.39, 0.29) is 18.4 Å². The van der Waals surface area contributed by atoms with Gasteiger partial charge in [0.15, 0.2) is 6.61 Å². The lowest BCUT2D eigenvalue weighted by atomic mass is 9.49. The summed E-state index contributed by atoms with van der Waals surface area (Å²) in [5.41, 5.74) is -0.653. The van der Waals surface area contributed by atoms with Gasteiger partial charge in [-0.25, -0.2) is 4.79 Å². The Kier molecular flexibility index (Phi) is 4.44. The zero-order valence-electron chi connectivity index (χ0n) is 12.4. The van der Waals surface area contributed by atoms with Crippen molar-refractivity contribution in [1.82, 2.24) is 0 Å². The number of nitrogens with zero attached hydrogens (tertiary/aromatic N) is 1. The minimum atomic E-state index is -0.653. The molecule has 4 saturated carbocycles.